The van der Waals surface area contributed by atoms with Crippen molar-refractivity contribution < 1.29 is 14.6 Å². The van der Waals surface area contributed by atoms with Crippen LogP contribution in [0.2, 0.25) is 5.02 Å². The summed E-state index contributed by atoms with van der Waals surface area (Å²) >= 11 is 5.94. The van der Waals surface area contributed by atoms with Crippen LogP contribution < -0.4 is 10.3 Å². The summed E-state index contributed by atoms with van der Waals surface area (Å²) in [6, 6.07) is 6.37. The van der Waals surface area contributed by atoms with Crippen molar-refractivity contribution in [1.29, 1.82) is 0 Å². The van der Waals surface area contributed by atoms with Crippen molar-refractivity contribution in [3.63, 3.8) is 0 Å². The van der Waals surface area contributed by atoms with Gasteiger partial charge in [-0.05, 0) is 24.6 Å². The Kier molecular flexibility index (Phi) is 3.45. The van der Waals surface area contributed by atoms with E-state index in [-0.39, 0.29) is 22.8 Å². The number of aryl methyl sites for hydroxylation is 1. The highest BCUT2D eigenvalue weighted by Crippen LogP contribution is 2.38. The molecule has 0 aliphatic carbocycles. The molecule has 22 heavy (non-hydrogen) atoms. The maximum absolute atomic E-state index is 12.6. The smallest absolute Gasteiger partial charge is 0.312 e. The van der Waals surface area contributed by atoms with E-state index in [0.717, 1.165) is 0 Å². The van der Waals surface area contributed by atoms with Crippen molar-refractivity contribution in [1.82, 2.24) is 4.57 Å². The Morgan fingerprint density at radius 1 is 1.32 bits per heavy atom. The van der Waals surface area contributed by atoms with E-state index < -0.39 is 11.9 Å². The summed E-state index contributed by atoms with van der Waals surface area (Å²) in [5.74, 6) is -0.574. The highest BCUT2D eigenvalue weighted by Gasteiger charge is 2.32. The summed E-state index contributed by atoms with van der Waals surface area (Å²) in [4.78, 5) is 24.4. The Bertz CT molecular complexity index is 841. The second kappa shape index (κ2) is 5.18. The number of carbonyl (C=O) groups excluding carboxylic acids is 1. The molecule has 5 nitrogen and oxygen atoms in total. The lowest BCUT2D eigenvalue weighted by Gasteiger charge is -2.25. The SMILES string of the molecule is Cc1cc2c(c(=O)n1C)[C@H](c1ccc(O)c(Cl)c1)CC(=O)O2. The number of phenols is 1. The molecule has 1 aliphatic rings. The minimum Gasteiger partial charge on any atom is -0.506 e. The number of benzene rings is 1. The number of esters is 1. The number of ether oxygens (including phenoxy) is 1. The number of fused-ring (bicyclic) bond motifs is 1. The highest BCUT2D eigenvalue weighted by molar-refractivity contribution is 6.32. The van der Waals surface area contributed by atoms with Gasteiger partial charge in [0.1, 0.15) is 11.5 Å². The molecule has 1 aromatic heterocycles. The molecule has 0 amide bonds. The van der Waals surface area contributed by atoms with Gasteiger partial charge in [0.05, 0.1) is 17.0 Å². The van der Waals surface area contributed by atoms with E-state index in [0.29, 0.717) is 22.6 Å². The van der Waals surface area contributed by atoms with Gasteiger partial charge >= 0.3 is 5.97 Å². The molecule has 6 heteroatoms. The van der Waals surface area contributed by atoms with Crippen molar-refractivity contribution in [2.45, 2.75) is 19.3 Å². The number of rotatable bonds is 1. The summed E-state index contributed by atoms with van der Waals surface area (Å²) < 4.78 is 6.74. The van der Waals surface area contributed by atoms with E-state index in [9.17, 15) is 14.7 Å². The number of hydrogen-bond donors (Lipinski definition) is 1. The van der Waals surface area contributed by atoms with Crippen LogP contribution in [0.25, 0.3) is 0 Å². The van der Waals surface area contributed by atoms with Crippen molar-refractivity contribution in [3.8, 4) is 11.5 Å². The Morgan fingerprint density at radius 2 is 2.05 bits per heavy atom. The summed E-state index contributed by atoms with van der Waals surface area (Å²) in [6.07, 6.45) is 0.0619. The monoisotopic (exact) mass is 319 g/mol. The molecular formula is C16H14ClNO4. The Balaban J connectivity index is 2.23. The van der Waals surface area contributed by atoms with Crippen LogP contribution in [0.5, 0.6) is 11.5 Å². The van der Waals surface area contributed by atoms with Gasteiger partial charge in [-0.2, -0.15) is 0 Å². The summed E-state index contributed by atoms with van der Waals surface area (Å²) in [7, 11) is 1.68. The first kappa shape index (κ1) is 14.7. The maximum atomic E-state index is 12.6. The molecule has 2 aromatic rings. The molecule has 114 valence electrons. The van der Waals surface area contributed by atoms with Crippen molar-refractivity contribution >= 4 is 17.6 Å². The lowest BCUT2D eigenvalue weighted by atomic mass is 9.87. The van der Waals surface area contributed by atoms with E-state index in [2.05, 4.69) is 0 Å². The van der Waals surface area contributed by atoms with Crippen LogP contribution in [-0.4, -0.2) is 15.6 Å². The second-order valence-electron chi connectivity index (χ2n) is 5.37. The van der Waals surface area contributed by atoms with Gasteiger partial charge < -0.3 is 14.4 Å². The van der Waals surface area contributed by atoms with Crippen molar-refractivity contribution in [3.05, 3.63) is 56.5 Å². The number of halogens is 1. The number of phenolic OH excluding ortho intramolecular Hbond substituents is 1. The van der Waals surface area contributed by atoms with Crippen LogP contribution in [0, 0.1) is 6.92 Å². The van der Waals surface area contributed by atoms with Gasteiger partial charge in [0.25, 0.3) is 5.56 Å². The predicted octanol–water partition coefficient (Wildman–Crippen LogP) is 2.49. The van der Waals surface area contributed by atoms with Gasteiger partial charge in [-0.15, -0.1) is 0 Å². The molecule has 0 spiro atoms. The Labute approximate surface area is 131 Å². The molecule has 0 radical (unpaired) electrons. The minimum absolute atomic E-state index is 0.0409. The number of pyridine rings is 1. The van der Waals surface area contributed by atoms with Crippen molar-refractivity contribution in [2.24, 2.45) is 7.05 Å². The predicted molar refractivity (Wildman–Crippen MR) is 81.6 cm³/mol. The molecule has 1 atom stereocenters. The molecule has 0 saturated carbocycles. The lowest BCUT2D eigenvalue weighted by Crippen LogP contribution is -2.31. The van der Waals surface area contributed by atoms with Crippen LogP contribution in [0.1, 0.15) is 29.2 Å². The van der Waals surface area contributed by atoms with E-state index in [1.807, 2.05) is 0 Å². The molecular weight excluding hydrogens is 306 g/mol. The van der Waals surface area contributed by atoms with Gasteiger partial charge in [0.2, 0.25) is 0 Å². The normalized spacial score (nSPS) is 17.0. The van der Waals surface area contributed by atoms with Crippen LogP contribution in [0.3, 0.4) is 0 Å². The average Bonchev–Trinajstić information content (AvgIpc) is 2.46. The van der Waals surface area contributed by atoms with Crippen molar-refractivity contribution in [2.75, 3.05) is 0 Å². The fraction of sp³-hybridized carbons (Fsp3) is 0.250. The van der Waals surface area contributed by atoms with Crippen LogP contribution in [0.15, 0.2) is 29.1 Å². The summed E-state index contributed by atoms with van der Waals surface area (Å²) in [5, 5.41) is 9.72. The molecule has 0 bridgehead atoms. The standard InChI is InChI=1S/C16H14ClNO4/c1-8-5-13-15(16(21)18(8)2)10(7-14(20)22-13)9-3-4-12(19)11(17)6-9/h3-6,10,19H,7H2,1-2H3/t10-/m0/s1. The van der Waals surface area contributed by atoms with Gasteiger partial charge in [0.15, 0.2) is 0 Å². The molecule has 1 N–H and O–H groups in total. The van der Waals surface area contributed by atoms with E-state index >= 15 is 0 Å². The first-order valence-electron chi connectivity index (χ1n) is 6.78. The molecule has 3 rings (SSSR count). The topological polar surface area (TPSA) is 68.5 Å². The molecule has 0 fully saturated rings. The summed E-state index contributed by atoms with van der Waals surface area (Å²) in [6.45, 7) is 1.77. The molecule has 0 saturated heterocycles. The highest BCUT2D eigenvalue weighted by atomic mass is 35.5. The molecule has 2 heterocycles. The number of aromatic nitrogens is 1. The molecule has 1 aromatic carbocycles. The molecule has 1 aliphatic heterocycles. The average molecular weight is 320 g/mol. The van der Waals surface area contributed by atoms with E-state index in [1.54, 1.807) is 32.2 Å². The zero-order chi connectivity index (χ0) is 16.0. The number of carbonyl (C=O) groups is 1. The lowest BCUT2D eigenvalue weighted by molar-refractivity contribution is -0.135. The van der Waals surface area contributed by atoms with Gasteiger partial charge in [-0.25, -0.2) is 0 Å². The largest absolute Gasteiger partial charge is 0.506 e. The van der Waals surface area contributed by atoms with E-state index in [4.69, 9.17) is 16.3 Å². The van der Waals surface area contributed by atoms with Gasteiger partial charge in [0, 0.05) is 24.7 Å². The Morgan fingerprint density at radius 3 is 2.73 bits per heavy atom. The molecule has 0 unspecified atom stereocenters. The van der Waals surface area contributed by atoms with Gasteiger partial charge in [-0.3, -0.25) is 9.59 Å². The van der Waals surface area contributed by atoms with Gasteiger partial charge in [-0.1, -0.05) is 17.7 Å². The number of nitrogens with zero attached hydrogens (tertiary/aromatic N) is 1. The van der Waals surface area contributed by atoms with Crippen LogP contribution >= 0.6 is 11.6 Å². The first-order valence-corrected chi connectivity index (χ1v) is 7.16. The quantitative estimate of drug-likeness (QED) is 0.820. The zero-order valence-corrected chi connectivity index (χ0v) is 12.8. The number of hydrogen-bond acceptors (Lipinski definition) is 4. The maximum Gasteiger partial charge on any atom is 0.312 e. The number of aromatic hydroxyl groups is 1. The third-order valence-electron chi connectivity index (χ3n) is 3.99. The third-order valence-corrected chi connectivity index (χ3v) is 4.29. The second-order valence-corrected chi connectivity index (χ2v) is 5.78. The fourth-order valence-electron chi connectivity index (χ4n) is 2.67. The zero-order valence-electron chi connectivity index (χ0n) is 12.1. The van der Waals surface area contributed by atoms with Crippen LogP contribution in [-0.2, 0) is 11.8 Å². The Hall–Kier alpha value is -2.27. The first-order chi connectivity index (χ1) is 10.4. The third kappa shape index (κ3) is 2.27. The van der Waals surface area contributed by atoms with Crippen LogP contribution in [0.4, 0.5) is 0 Å². The summed E-state index contributed by atoms with van der Waals surface area (Å²) in [5.41, 5.74) is 1.65. The minimum atomic E-state index is -0.436. The van der Waals surface area contributed by atoms with E-state index in [1.165, 1.54) is 10.6 Å². The fourth-order valence-corrected chi connectivity index (χ4v) is 2.86.